The zero-order valence-corrected chi connectivity index (χ0v) is 10.5. The molecule has 1 N–H and O–H groups in total. The molecule has 1 unspecified atom stereocenters. The van der Waals surface area contributed by atoms with Crippen molar-refractivity contribution in [3.63, 3.8) is 0 Å². The van der Waals surface area contributed by atoms with Gasteiger partial charge in [0, 0.05) is 19.1 Å². The van der Waals surface area contributed by atoms with Gasteiger partial charge in [0.2, 0.25) is 0 Å². The van der Waals surface area contributed by atoms with Crippen LogP contribution in [0.3, 0.4) is 0 Å². The van der Waals surface area contributed by atoms with Gasteiger partial charge in [0.1, 0.15) is 5.82 Å². The number of nitriles is 1. The van der Waals surface area contributed by atoms with Gasteiger partial charge in [-0.25, -0.2) is 4.39 Å². The SMILES string of the molecule is CC(CNCc1cc(F)ccc1C#N)N(C)C. The topological polar surface area (TPSA) is 39.1 Å². The molecule has 3 nitrogen and oxygen atoms in total. The molecule has 1 rings (SSSR count). The van der Waals surface area contributed by atoms with Crippen molar-refractivity contribution in [2.75, 3.05) is 20.6 Å². The number of hydrogen-bond acceptors (Lipinski definition) is 3. The number of nitrogens with zero attached hydrogens (tertiary/aromatic N) is 2. The molecule has 17 heavy (non-hydrogen) atoms. The van der Waals surface area contributed by atoms with E-state index in [0.29, 0.717) is 23.7 Å². The highest BCUT2D eigenvalue weighted by atomic mass is 19.1. The highest BCUT2D eigenvalue weighted by molar-refractivity contribution is 5.37. The minimum absolute atomic E-state index is 0.304. The third-order valence-corrected chi connectivity index (χ3v) is 2.82. The van der Waals surface area contributed by atoms with Gasteiger partial charge in [-0.2, -0.15) is 5.26 Å². The standard InChI is InChI=1S/C13H18FN3/c1-10(17(2)3)8-16-9-12-6-13(14)5-4-11(12)7-15/h4-6,10,16H,8-9H2,1-3H3. The number of hydrogen-bond donors (Lipinski definition) is 1. The van der Waals surface area contributed by atoms with Gasteiger partial charge in [0.25, 0.3) is 0 Å². The van der Waals surface area contributed by atoms with Crippen LogP contribution in [0.15, 0.2) is 18.2 Å². The van der Waals surface area contributed by atoms with Crippen LogP contribution < -0.4 is 5.32 Å². The number of benzene rings is 1. The predicted molar refractivity (Wildman–Crippen MR) is 66.0 cm³/mol. The Morgan fingerprint density at radius 1 is 1.47 bits per heavy atom. The van der Waals surface area contributed by atoms with Crippen molar-refractivity contribution < 1.29 is 4.39 Å². The third-order valence-electron chi connectivity index (χ3n) is 2.82. The lowest BCUT2D eigenvalue weighted by Gasteiger charge is -2.20. The van der Waals surface area contributed by atoms with Crippen LogP contribution >= 0.6 is 0 Å². The number of likely N-dealkylation sites (N-methyl/N-ethyl adjacent to an activating group) is 1. The van der Waals surface area contributed by atoms with Crippen LogP contribution in [0.1, 0.15) is 18.1 Å². The van der Waals surface area contributed by atoms with Gasteiger partial charge in [-0.3, -0.25) is 0 Å². The summed E-state index contributed by atoms with van der Waals surface area (Å²) in [6, 6.07) is 6.70. The molecule has 0 aliphatic rings. The van der Waals surface area contributed by atoms with E-state index in [4.69, 9.17) is 5.26 Å². The Hall–Kier alpha value is -1.44. The molecular weight excluding hydrogens is 217 g/mol. The highest BCUT2D eigenvalue weighted by Gasteiger charge is 2.06. The quantitative estimate of drug-likeness (QED) is 0.845. The van der Waals surface area contributed by atoms with Crippen molar-refractivity contribution in [1.82, 2.24) is 10.2 Å². The molecule has 0 heterocycles. The van der Waals surface area contributed by atoms with Crippen LogP contribution in [0.5, 0.6) is 0 Å². The lowest BCUT2D eigenvalue weighted by Crippen LogP contribution is -2.35. The van der Waals surface area contributed by atoms with Gasteiger partial charge < -0.3 is 10.2 Å². The zero-order chi connectivity index (χ0) is 12.8. The summed E-state index contributed by atoms with van der Waals surface area (Å²) >= 11 is 0. The fourth-order valence-electron chi connectivity index (χ4n) is 1.42. The number of halogens is 1. The van der Waals surface area contributed by atoms with Gasteiger partial charge in [-0.05, 0) is 44.8 Å². The number of rotatable bonds is 5. The summed E-state index contributed by atoms with van der Waals surface area (Å²) in [6.07, 6.45) is 0. The average Bonchev–Trinajstić information content (AvgIpc) is 2.29. The van der Waals surface area contributed by atoms with Gasteiger partial charge in [0.15, 0.2) is 0 Å². The Balaban J connectivity index is 2.57. The first-order chi connectivity index (χ1) is 8.04. The lowest BCUT2D eigenvalue weighted by atomic mass is 10.1. The Morgan fingerprint density at radius 2 is 2.18 bits per heavy atom. The van der Waals surface area contributed by atoms with Gasteiger partial charge in [-0.1, -0.05) is 0 Å². The summed E-state index contributed by atoms with van der Waals surface area (Å²) in [5.41, 5.74) is 1.23. The molecule has 0 spiro atoms. The Morgan fingerprint density at radius 3 is 2.76 bits per heavy atom. The number of nitrogens with one attached hydrogen (secondary N) is 1. The second kappa shape index (κ2) is 6.33. The van der Waals surface area contributed by atoms with E-state index in [0.717, 1.165) is 6.54 Å². The largest absolute Gasteiger partial charge is 0.311 e. The van der Waals surface area contributed by atoms with E-state index >= 15 is 0 Å². The van der Waals surface area contributed by atoms with E-state index in [1.54, 1.807) is 0 Å². The molecule has 92 valence electrons. The molecule has 0 aromatic heterocycles. The van der Waals surface area contributed by atoms with Gasteiger partial charge in [0.05, 0.1) is 11.6 Å². The maximum absolute atomic E-state index is 13.1. The predicted octanol–water partition coefficient (Wildman–Crippen LogP) is 1.74. The summed E-state index contributed by atoms with van der Waals surface area (Å²) in [7, 11) is 4.02. The van der Waals surface area contributed by atoms with Crippen molar-refractivity contribution in [1.29, 1.82) is 5.26 Å². The van der Waals surface area contributed by atoms with Crippen LogP contribution in [-0.2, 0) is 6.54 Å². The molecule has 0 saturated carbocycles. The first-order valence-corrected chi connectivity index (χ1v) is 5.60. The molecule has 0 aliphatic carbocycles. The van der Waals surface area contributed by atoms with Crippen molar-refractivity contribution in [3.8, 4) is 6.07 Å². The molecule has 0 saturated heterocycles. The molecule has 0 radical (unpaired) electrons. The monoisotopic (exact) mass is 235 g/mol. The van der Waals surface area contributed by atoms with Crippen LogP contribution in [0, 0.1) is 17.1 Å². The van der Waals surface area contributed by atoms with Crippen LogP contribution in [-0.4, -0.2) is 31.6 Å². The second-order valence-corrected chi connectivity index (χ2v) is 4.36. The summed E-state index contributed by atoms with van der Waals surface area (Å²) in [5, 5.41) is 12.1. The maximum atomic E-state index is 13.1. The van der Waals surface area contributed by atoms with Crippen molar-refractivity contribution in [2.24, 2.45) is 0 Å². The molecule has 4 heteroatoms. The molecule has 0 amide bonds. The smallest absolute Gasteiger partial charge is 0.123 e. The fraction of sp³-hybridized carbons (Fsp3) is 0.462. The molecule has 0 aliphatic heterocycles. The Bertz CT molecular complexity index is 410. The maximum Gasteiger partial charge on any atom is 0.123 e. The summed E-state index contributed by atoms with van der Waals surface area (Å²) in [5.74, 6) is -0.304. The first-order valence-electron chi connectivity index (χ1n) is 5.60. The average molecular weight is 235 g/mol. The minimum Gasteiger partial charge on any atom is -0.311 e. The molecular formula is C13H18FN3. The molecule has 0 fully saturated rings. The normalized spacial score (nSPS) is 12.5. The van der Waals surface area contributed by atoms with Crippen LogP contribution in [0.25, 0.3) is 0 Å². The van der Waals surface area contributed by atoms with Crippen molar-refractivity contribution in [3.05, 3.63) is 35.1 Å². The second-order valence-electron chi connectivity index (χ2n) is 4.36. The van der Waals surface area contributed by atoms with Crippen molar-refractivity contribution in [2.45, 2.75) is 19.5 Å². The molecule has 1 aromatic carbocycles. The lowest BCUT2D eigenvalue weighted by molar-refractivity contribution is 0.302. The Labute approximate surface area is 102 Å². The highest BCUT2D eigenvalue weighted by Crippen LogP contribution is 2.10. The van der Waals surface area contributed by atoms with E-state index < -0.39 is 0 Å². The van der Waals surface area contributed by atoms with Crippen LogP contribution in [0.2, 0.25) is 0 Å². The van der Waals surface area contributed by atoms with Crippen LogP contribution in [0.4, 0.5) is 4.39 Å². The zero-order valence-electron chi connectivity index (χ0n) is 10.5. The molecule has 1 atom stereocenters. The molecule has 1 aromatic rings. The summed E-state index contributed by atoms with van der Waals surface area (Å²) in [4.78, 5) is 2.10. The first kappa shape index (κ1) is 13.6. The fourth-order valence-corrected chi connectivity index (χ4v) is 1.42. The summed E-state index contributed by atoms with van der Waals surface area (Å²) < 4.78 is 13.1. The van der Waals surface area contributed by atoms with Crippen molar-refractivity contribution >= 4 is 0 Å². The third kappa shape index (κ3) is 4.14. The van der Waals surface area contributed by atoms with E-state index in [9.17, 15) is 4.39 Å². The van der Waals surface area contributed by atoms with E-state index in [1.807, 2.05) is 14.1 Å². The minimum atomic E-state index is -0.304. The van der Waals surface area contributed by atoms with E-state index in [1.165, 1.54) is 18.2 Å². The van der Waals surface area contributed by atoms with Gasteiger partial charge >= 0.3 is 0 Å². The Kier molecular flexibility index (Phi) is 5.08. The van der Waals surface area contributed by atoms with Gasteiger partial charge in [-0.15, -0.1) is 0 Å². The van der Waals surface area contributed by atoms with E-state index in [-0.39, 0.29) is 5.82 Å². The summed E-state index contributed by atoms with van der Waals surface area (Å²) in [6.45, 7) is 3.41. The van der Waals surface area contributed by atoms with E-state index in [2.05, 4.69) is 23.2 Å². The molecule has 0 bridgehead atoms.